The SMILES string of the molecule is Cc1ncccc1OC1CCN(S(=O)(=O)c2cnc3c(c2)c(C)nn3C)C1. The second-order valence-electron chi connectivity index (χ2n) is 6.73. The number of aromatic nitrogens is 4. The van der Waals surface area contributed by atoms with Crippen molar-refractivity contribution in [2.45, 2.75) is 31.3 Å². The summed E-state index contributed by atoms with van der Waals surface area (Å²) in [4.78, 5) is 8.68. The van der Waals surface area contributed by atoms with Gasteiger partial charge in [0.25, 0.3) is 0 Å². The maximum Gasteiger partial charge on any atom is 0.244 e. The molecule has 9 heteroatoms. The Hall–Kier alpha value is -2.52. The van der Waals surface area contributed by atoms with Crippen molar-refractivity contribution in [3.8, 4) is 5.75 Å². The third-order valence-electron chi connectivity index (χ3n) is 4.84. The van der Waals surface area contributed by atoms with Crippen molar-refractivity contribution in [3.05, 3.63) is 42.0 Å². The van der Waals surface area contributed by atoms with Gasteiger partial charge >= 0.3 is 0 Å². The van der Waals surface area contributed by atoms with Crippen molar-refractivity contribution in [1.29, 1.82) is 0 Å². The molecule has 4 heterocycles. The van der Waals surface area contributed by atoms with E-state index in [1.54, 1.807) is 24.0 Å². The number of nitrogens with zero attached hydrogens (tertiary/aromatic N) is 5. The molecule has 0 aliphatic carbocycles. The number of fused-ring (bicyclic) bond motifs is 1. The number of aryl methyl sites for hydroxylation is 3. The molecule has 0 saturated carbocycles. The number of hydrogen-bond donors (Lipinski definition) is 0. The summed E-state index contributed by atoms with van der Waals surface area (Å²) in [6.07, 6.45) is 3.55. The Morgan fingerprint density at radius 3 is 2.81 bits per heavy atom. The van der Waals surface area contributed by atoms with Crippen LogP contribution in [0.25, 0.3) is 11.0 Å². The van der Waals surface area contributed by atoms with Crippen LogP contribution in [0.4, 0.5) is 0 Å². The lowest BCUT2D eigenvalue weighted by molar-refractivity contribution is 0.213. The van der Waals surface area contributed by atoms with E-state index >= 15 is 0 Å². The lowest BCUT2D eigenvalue weighted by Gasteiger charge is -2.17. The molecule has 1 unspecified atom stereocenters. The second kappa shape index (κ2) is 6.58. The molecule has 3 aromatic rings. The molecular formula is C18H21N5O3S. The Kier molecular flexibility index (Phi) is 4.35. The van der Waals surface area contributed by atoms with Gasteiger partial charge in [-0.2, -0.15) is 9.40 Å². The molecule has 0 amide bonds. The highest BCUT2D eigenvalue weighted by molar-refractivity contribution is 7.89. The summed E-state index contributed by atoms with van der Waals surface area (Å²) in [5.74, 6) is 0.691. The summed E-state index contributed by atoms with van der Waals surface area (Å²) in [5, 5.41) is 5.04. The quantitative estimate of drug-likeness (QED) is 0.678. The van der Waals surface area contributed by atoms with E-state index in [9.17, 15) is 8.42 Å². The lowest BCUT2D eigenvalue weighted by atomic mass is 10.3. The predicted octanol–water partition coefficient (Wildman–Crippen LogP) is 1.82. The van der Waals surface area contributed by atoms with E-state index in [1.807, 2.05) is 26.0 Å². The van der Waals surface area contributed by atoms with Crippen molar-refractivity contribution in [1.82, 2.24) is 24.1 Å². The van der Waals surface area contributed by atoms with Crippen LogP contribution < -0.4 is 4.74 Å². The normalized spacial score (nSPS) is 18.3. The molecule has 1 saturated heterocycles. The van der Waals surface area contributed by atoms with Crippen LogP contribution >= 0.6 is 0 Å². The first-order valence-electron chi connectivity index (χ1n) is 8.74. The van der Waals surface area contributed by atoms with E-state index in [2.05, 4.69) is 15.1 Å². The molecule has 0 radical (unpaired) electrons. The van der Waals surface area contributed by atoms with Gasteiger partial charge in [-0.15, -0.1) is 0 Å². The predicted molar refractivity (Wildman–Crippen MR) is 100 cm³/mol. The lowest BCUT2D eigenvalue weighted by Crippen LogP contribution is -2.31. The molecule has 142 valence electrons. The maximum absolute atomic E-state index is 13.1. The van der Waals surface area contributed by atoms with Crippen molar-refractivity contribution < 1.29 is 13.2 Å². The standard InChI is InChI=1S/C18H21N5O3S/c1-12-16-9-15(10-20-18(16)22(3)21-12)27(24,25)23-8-6-14(11-23)26-17-5-4-7-19-13(17)2/h4-5,7,9-10,14H,6,8,11H2,1-3H3. The Balaban J connectivity index is 1.56. The van der Waals surface area contributed by atoms with E-state index in [4.69, 9.17) is 4.74 Å². The number of sulfonamides is 1. The summed E-state index contributed by atoms with van der Waals surface area (Å²) in [6.45, 7) is 4.43. The van der Waals surface area contributed by atoms with Crippen LogP contribution in [-0.4, -0.2) is 51.7 Å². The summed E-state index contributed by atoms with van der Waals surface area (Å²) in [6, 6.07) is 5.31. The highest BCUT2D eigenvalue weighted by Crippen LogP contribution is 2.27. The van der Waals surface area contributed by atoms with Crippen molar-refractivity contribution in [2.75, 3.05) is 13.1 Å². The van der Waals surface area contributed by atoms with E-state index in [0.717, 1.165) is 16.8 Å². The average Bonchev–Trinajstić information content (AvgIpc) is 3.22. The van der Waals surface area contributed by atoms with Crippen molar-refractivity contribution in [2.24, 2.45) is 7.05 Å². The molecule has 0 spiro atoms. The maximum atomic E-state index is 13.1. The molecule has 4 rings (SSSR count). The smallest absolute Gasteiger partial charge is 0.244 e. The van der Waals surface area contributed by atoms with Gasteiger partial charge in [-0.05, 0) is 38.5 Å². The minimum absolute atomic E-state index is 0.185. The zero-order valence-electron chi connectivity index (χ0n) is 15.5. The van der Waals surface area contributed by atoms with E-state index in [-0.39, 0.29) is 11.0 Å². The van der Waals surface area contributed by atoms with Crippen LogP contribution in [0, 0.1) is 13.8 Å². The first-order valence-corrected chi connectivity index (χ1v) is 10.2. The van der Waals surface area contributed by atoms with E-state index < -0.39 is 10.0 Å². The largest absolute Gasteiger partial charge is 0.487 e. The number of ether oxygens (including phenoxy) is 1. The highest BCUT2D eigenvalue weighted by Gasteiger charge is 2.34. The Morgan fingerprint density at radius 2 is 2.04 bits per heavy atom. The minimum atomic E-state index is -3.63. The van der Waals surface area contributed by atoms with Crippen LogP contribution in [0.3, 0.4) is 0 Å². The van der Waals surface area contributed by atoms with E-state index in [0.29, 0.717) is 30.9 Å². The zero-order valence-corrected chi connectivity index (χ0v) is 16.3. The van der Waals surface area contributed by atoms with Crippen LogP contribution in [-0.2, 0) is 17.1 Å². The van der Waals surface area contributed by atoms with Gasteiger partial charge in [0.15, 0.2) is 5.65 Å². The summed E-state index contributed by atoms with van der Waals surface area (Å²) in [7, 11) is -1.84. The number of hydrogen-bond acceptors (Lipinski definition) is 6. The van der Waals surface area contributed by atoms with Gasteiger partial charge in [0.05, 0.1) is 17.9 Å². The molecule has 0 bridgehead atoms. The van der Waals surface area contributed by atoms with Gasteiger partial charge in [-0.1, -0.05) is 0 Å². The number of pyridine rings is 2. The minimum Gasteiger partial charge on any atom is -0.487 e. The van der Waals surface area contributed by atoms with Gasteiger partial charge in [-0.3, -0.25) is 9.67 Å². The van der Waals surface area contributed by atoms with Crippen molar-refractivity contribution >= 4 is 21.1 Å². The summed E-state index contributed by atoms with van der Waals surface area (Å²) >= 11 is 0. The Morgan fingerprint density at radius 1 is 1.22 bits per heavy atom. The van der Waals surface area contributed by atoms with Crippen LogP contribution in [0.1, 0.15) is 17.8 Å². The van der Waals surface area contributed by atoms with Crippen LogP contribution in [0.5, 0.6) is 5.75 Å². The third-order valence-corrected chi connectivity index (χ3v) is 6.67. The molecule has 8 nitrogen and oxygen atoms in total. The van der Waals surface area contributed by atoms with Gasteiger partial charge in [0, 0.05) is 31.4 Å². The molecule has 1 fully saturated rings. The van der Waals surface area contributed by atoms with Crippen molar-refractivity contribution in [3.63, 3.8) is 0 Å². The first kappa shape index (κ1) is 17.9. The Labute approximate surface area is 157 Å². The van der Waals surface area contributed by atoms with Gasteiger partial charge < -0.3 is 4.74 Å². The fraction of sp³-hybridized carbons (Fsp3) is 0.389. The van der Waals surface area contributed by atoms with Crippen LogP contribution in [0.15, 0.2) is 35.5 Å². The molecule has 1 atom stereocenters. The molecule has 3 aromatic heterocycles. The molecule has 0 N–H and O–H groups in total. The van der Waals surface area contributed by atoms with E-state index in [1.165, 1.54) is 10.5 Å². The monoisotopic (exact) mass is 387 g/mol. The first-order chi connectivity index (χ1) is 12.9. The average molecular weight is 387 g/mol. The topological polar surface area (TPSA) is 90.2 Å². The fourth-order valence-electron chi connectivity index (χ4n) is 3.36. The molecular weight excluding hydrogens is 366 g/mol. The number of rotatable bonds is 4. The van der Waals surface area contributed by atoms with Gasteiger partial charge in [-0.25, -0.2) is 13.4 Å². The molecule has 0 aromatic carbocycles. The summed E-state index contributed by atoms with van der Waals surface area (Å²) < 4.78 is 35.2. The highest BCUT2D eigenvalue weighted by atomic mass is 32.2. The third kappa shape index (κ3) is 3.17. The molecule has 1 aliphatic rings. The molecule has 27 heavy (non-hydrogen) atoms. The van der Waals surface area contributed by atoms with Gasteiger partial charge in [0.1, 0.15) is 16.7 Å². The fourth-order valence-corrected chi connectivity index (χ4v) is 4.82. The molecule has 1 aliphatic heterocycles. The Bertz CT molecular complexity index is 1110. The van der Waals surface area contributed by atoms with Crippen LogP contribution in [0.2, 0.25) is 0 Å². The van der Waals surface area contributed by atoms with Gasteiger partial charge in [0.2, 0.25) is 10.0 Å². The summed E-state index contributed by atoms with van der Waals surface area (Å²) in [5.41, 5.74) is 2.22. The zero-order chi connectivity index (χ0) is 19.2. The second-order valence-corrected chi connectivity index (χ2v) is 8.67.